The van der Waals surface area contributed by atoms with E-state index >= 15 is 0 Å². The van der Waals surface area contributed by atoms with Crippen molar-refractivity contribution < 1.29 is 28.5 Å². The van der Waals surface area contributed by atoms with Crippen LogP contribution in [0.2, 0.25) is 18.1 Å². The Morgan fingerprint density at radius 2 is 1.86 bits per heavy atom. The second-order valence-electron chi connectivity index (χ2n) is 10.3. The summed E-state index contributed by atoms with van der Waals surface area (Å²) in [5.74, 6) is 0. The van der Waals surface area contributed by atoms with E-state index in [9.17, 15) is 9.90 Å². The van der Waals surface area contributed by atoms with E-state index in [2.05, 4.69) is 33.9 Å². The van der Waals surface area contributed by atoms with Crippen LogP contribution in [0.25, 0.3) is 0 Å². The largest absolute Gasteiger partial charge is 0.444 e. The van der Waals surface area contributed by atoms with Gasteiger partial charge in [-0.3, -0.25) is 0 Å². The van der Waals surface area contributed by atoms with Crippen LogP contribution in [0.1, 0.15) is 60.8 Å². The van der Waals surface area contributed by atoms with Crippen LogP contribution in [0.3, 0.4) is 0 Å². The third-order valence-electron chi connectivity index (χ3n) is 5.33. The number of aliphatic hydroxyl groups excluding tert-OH is 1. The Morgan fingerprint density at radius 1 is 1.21 bits per heavy atom. The molecule has 8 heteroatoms. The van der Waals surface area contributed by atoms with Crippen molar-refractivity contribution in [2.75, 3.05) is 32.9 Å². The Hall–Kier alpha value is -0.673. The standard InChI is InChI=1S/C21H43NO6Si/c1-20(2,3)28-19(24)22(12-14-26-18-11-9-10-13-25-18)15-17(23)16-27-29(7,8)21(4,5)6/h17-18,23H,9-16H2,1-8H3. The number of nitrogens with zero attached hydrogens (tertiary/aromatic N) is 1. The van der Waals surface area contributed by atoms with Gasteiger partial charge in [0.05, 0.1) is 25.9 Å². The van der Waals surface area contributed by atoms with Crippen LogP contribution < -0.4 is 0 Å². The van der Waals surface area contributed by atoms with E-state index in [4.69, 9.17) is 18.6 Å². The van der Waals surface area contributed by atoms with Crippen LogP contribution in [-0.4, -0.2) is 75.3 Å². The quantitative estimate of drug-likeness (QED) is 0.551. The van der Waals surface area contributed by atoms with Gasteiger partial charge in [0.15, 0.2) is 14.6 Å². The number of amides is 1. The van der Waals surface area contributed by atoms with Gasteiger partial charge >= 0.3 is 6.09 Å². The lowest BCUT2D eigenvalue weighted by Gasteiger charge is -2.37. The molecule has 1 rings (SSSR count). The van der Waals surface area contributed by atoms with Crippen LogP contribution in [-0.2, 0) is 18.6 Å². The highest BCUT2D eigenvalue weighted by Crippen LogP contribution is 2.36. The highest BCUT2D eigenvalue weighted by atomic mass is 28.4. The van der Waals surface area contributed by atoms with Crippen molar-refractivity contribution in [1.82, 2.24) is 4.90 Å². The fourth-order valence-electron chi connectivity index (χ4n) is 2.55. The third-order valence-corrected chi connectivity index (χ3v) is 9.83. The van der Waals surface area contributed by atoms with Gasteiger partial charge in [0.25, 0.3) is 0 Å². The summed E-state index contributed by atoms with van der Waals surface area (Å²) in [5, 5.41) is 10.6. The third kappa shape index (κ3) is 10.3. The van der Waals surface area contributed by atoms with Crippen molar-refractivity contribution in [3.05, 3.63) is 0 Å². The highest BCUT2D eigenvalue weighted by Gasteiger charge is 2.37. The second-order valence-corrected chi connectivity index (χ2v) is 15.1. The average molecular weight is 434 g/mol. The van der Waals surface area contributed by atoms with Gasteiger partial charge in [-0.1, -0.05) is 20.8 Å². The van der Waals surface area contributed by atoms with Gasteiger partial charge in [-0.2, -0.15) is 0 Å². The molecule has 1 aliphatic rings. The molecule has 0 spiro atoms. The summed E-state index contributed by atoms with van der Waals surface area (Å²) in [6.07, 6.45) is 1.56. The van der Waals surface area contributed by atoms with Crippen molar-refractivity contribution in [3.8, 4) is 0 Å². The lowest BCUT2D eigenvalue weighted by Crippen LogP contribution is -2.47. The number of aliphatic hydroxyl groups is 1. The maximum atomic E-state index is 12.6. The van der Waals surface area contributed by atoms with Crippen molar-refractivity contribution in [2.24, 2.45) is 0 Å². The molecule has 1 amide bonds. The number of carbonyl (C=O) groups excluding carboxylic acids is 1. The highest BCUT2D eigenvalue weighted by molar-refractivity contribution is 6.74. The molecule has 1 N–H and O–H groups in total. The zero-order chi connectivity index (χ0) is 22.3. The van der Waals surface area contributed by atoms with Crippen LogP contribution >= 0.6 is 0 Å². The van der Waals surface area contributed by atoms with Gasteiger partial charge in [0.2, 0.25) is 0 Å². The molecule has 0 aliphatic carbocycles. The fourth-order valence-corrected chi connectivity index (χ4v) is 3.59. The van der Waals surface area contributed by atoms with E-state index < -0.39 is 26.1 Å². The van der Waals surface area contributed by atoms with Gasteiger partial charge in [0, 0.05) is 13.2 Å². The molecule has 0 aromatic heterocycles. The first-order valence-electron chi connectivity index (χ1n) is 10.7. The van der Waals surface area contributed by atoms with Gasteiger partial charge in [-0.15, -0.1) is 0 Å². The normalized spacial score (nSPS) is 19.7. The molecule has 172 valence electrons. The molecule has 0 saturated carbocycles. The monoisotopic (exact) mass is 433 g/mol. The van der Waals surface area contributed by atoms with E-state index in [0.717, 1.165) is 19.3 Å². The number of hydrogen-bond acceptors (Lipinski definition) is 6. The smallest absolute Gasteiger partial charge is 0.410 e. The molecule has 1 aliphatic heterocycles. The van der Waals surface area contributed by atoms with Crippen molar-refractivity contribution in [1.29, 1.82) is 0 Å². The number of carbonyl (C=O) groups is 1. The maximum absolute atomic E-state index is 12.6. The van der Waals surface area contributed by atoms with Crippen LogP contribution in [0, 0.1) is 0 Å². The van der Waals surface area contributed by atoms with Gasteiger partial charge in [-0.05, 0) is 58.2 Å². The summed E-state index contributed by atoms with van der Waals surface area (Å²) >= 11 is 0. The molecule has 0 aromatic rings. The van der Waals surface area contributed by atoms with E-state index in [1.807, 2.05) is 20.8 Å². The number of ether oxygens (including phenoxy) is 3. The fraction of sp³-hybridized carbons (Fsp3) is 0.952. The first kappa shape index (κ1) is 26.4. The zero-order valence-electron chi connectivity index (χ0n) is 19.7. The van der Waals surface area contributed by atoms with Gasteiger partial charge in [0.1, 0.15) is 5.60 Å². The molecule has 1 saturated heterocycles. The number of hydrogen-bond donors (Lipinski definition) is 1. The Morgan fingerprint density at radius 3 is 2.38 bits per heavy atom. The SMILES string of the molecule is CC(C)(C)OC(=O)N(CCOC1CCCCO1)CC(O)CO[Si](C)(C)C(C)(C)C. The zero-order valence-corrected chi connectivity index (χ0v) is 20.7. The molecule has 7 nitrogen and oxygen atoms in total. The lowest BCUT2D eigenvalue weighted by atomic mass is 10.2. The first-order valence-corrected chi connectivity index (χ1v) is 13.7. The minimum Gasteiger partial charge on any atom is -0.444 e. The van der Waals surface area contributed by atoms with Crippen LogP contribution in [0.4, 0.5) is 4.79 Å². The lowest BCUT2D eigenvalue weighted by molar-refractivity contribution is -0.164. The number of rotatable bonds is 9. The van der Waals surface area contributed by atoms with Gasteiger partial charge < -0.3 is 28.6 Å². The Bertz CT molecular complexity index is 494. The molecular weight excluding hydrogens is 390 g/mol. The molecule has 0 bridgehead atoms. The molecule has 1 fully saturated rings. The Balaban J connectivity index is 2.60. The predicted octanol–water partition coefficient (Wildman–Crippen LogP) is 4.15. The van der Waals surface area contributed by atoms with E-state index in [-0.39, 0.29) is 24.5 Å². The molecular formula is C21H43NO6Si. The summed E-state index contributed by atoms with van der Waals surface area (Å²) in [7, 11) is -1.97. The molecule has 0 radical (unpaired) electrons. The molecule has 2 unspecified atom stereocenters. The molecule has 1 heterocycles. The Kier molecular flexibility index (Phi) is 10.1. The van der Waals surface area contributed by atoms with Crippen molar-refractivity contribution >= 4 is 14.4 Å². The maximum Gasteiger partial charge on any atom is 0.410 e. The summed E-state index contributed by atoms with van der Waals surface area (Å²) < 4.78 is 22.9. The predicted molar refractivity (Wildman–Crippen MR) is 117 cm³/mol. The summed E-state index contributed by atoms with van der Waals surface area (Å²) in [6.45, 7) is 17.9. The summed E-state index contributed by atoms with van der Waals surface area (Å²) in [5.41, 5.74) is -0.606. The van der Waals surface area contributed by atoms with Crippen molar-refractivity contribution in [2.45, 2.75) is 96.9 Å². The first-order chi connectivity index (χ1) is 13.2. The van der Waals surface area contributed by atoms with Crippen LogP contribution in [0.5, 0.6) is 0 Å². The minimum atomic E-state index is -1.97. The molecule has 2 atom stereocenters. The average Bonchev–Trinajstić information content (AvgIpc) is 2.57. The van der Waals surface area contributed by atoms with Crippen LogP contribution in [0.15, 0.2) is 0 Å². The Labute approximate surface area is 178 Å². The summed E-state index contributed by atoms with van der Waals surface area (Å²) in [4.78, 5) is 14.1. The topological polar surface area (TPSA) is 77.5 Å². The second kappa shape index (κ2) is 11.1. The van der Waals surface area contributed by atoms with E-state index in [1.165, 1.54) is 4.90 Å². The van der Waals surface area contributed by atoms with E-state index in [0.29, 0.717) is 19.8 Å². The van der Waals surface area contributed by atoms with E-state index in [1.54, 1.807) is 0 Å². The minimum absolute atomic E-state index is 0.0609. The van der Waals surface area contributed by atoms with Crippen molar-refractivity contribution in [3.63, 3.8) is 0 Å². The summed E-state index contributed by atoms with van der Waals surface area (Å²) in [6, 6.07) is 0. The molecule has 0 aromatic carbocycles. The molecule has 29 heavy (non-hydrogen) atoms. The van der Waals surface area contributed by atoms with Gasteiger partial charge in [-0.25, -0.2) is 4.79 Å².